The second-order valence-corrected chi connectivity index (χ2v) is 8.42. The van der Waals surface area contributed by atoms with E-state index < -0.39 is 0 Å². The number of hydrogen-bond acceptors (Lipinski definition) is 7. The maximum atomic E-state index is 13.1. The number of rotatable bonds is 7. The lowest BCUT2D eigenvalue weighted by Crippen LogP contribution is -2.30. The predicted molar refractivity (Wildman–Crippen MR) is 114 cm³/mol. The highest BCUT2D eigenvalue weighted by Crippen LogP contribution is 2.21. The van der Waals surface area contributed by atoms with Gasteiger partial charge in [-0.1, -0.05) is 20.8 Å². The van der Waals surface area contributed by atoms with Crippen molar-refractivity contribution in [3.63, 3.8) is 0 Å². The zero-order chi connectivity index (χ0) is 20.3. The first-order valence-electron chi connectivity index (χ1n) is 9.17. The molecule has 148 valence electrons. The van der Waals surface area contributed by atoms with E-state index in [-0.39, 0.29) is 28.6 Å². The van der Waals surface area contributed by atoms with Gasteiger partial charge in [-0.15, -0.1) is 11.8 Å². The SMILES string of the molecule is CCSc1ccc(CNc2nc3cnc(Cl)nc3n([C@H](C)C(C)C)c2=O)nc1. The summed E-state index contributed by atoms with van der Waals surface area (Å²) in [6.07, 6.45) is 3.38. The van der Waals surface area contributed by atoms with Crippen LogP contribution >= 0.6 is 23.4 Å². The first-order chi connectivity index (χ1) is 13.4. The van der Waals surface area contributed by atoms with Gasteiger partial charge in [0.2, 0.25) is 5.28 Å². The molecule has 0 aliphatic heterocycles. The summed E-state index contributed by atoms with van der Waals surface area (Å²) >= 11 is 7.69. The van der Waals surface area contributed by atoms with E-state index >= 15 is 0 Å². The normalized spacial score (nSPS) is 12.5. The van der Waals surface area contributed by atoms with Crippen LogP contribution in [0.15, 0.2) is 34.2 Å². The van der Waals surface area contributed by atoms with Crippen molar-refractivity contribution in [2.75, 3.05) is 11.1 Å². The molecule has 1 atom stereocenters. The summed E-state index contributed by atoms with van der Waals surface area (Å²) in [6.45, 7) is 8.59. The molecule has 0 unspecified atom stereocenters. The Hall–Kier alpha value is -2.19. The molecule has 0 saturated carbocycles. The molecule has 0 amide bonds. The predicted octanol–water partition coefficient (Wildman–Crippen LogP) is 4.18. The molecule has 0 saturated heterocycles. The molecule has 3 heterocycles. The minimum Gasteiger partial charge on any atom is -0.360 e. The Kier molecular flexibility index (Phi) is 6.51. The molecule has 0 spiro atoms. The fourth-order valence-electron chi connectivity index (χ4n) is 2.71. The van der Waals surface area contributed by atoms with Gasteiger partial charge in [0.25, 0.3) is 5.56 Å². The van der Waals surface area contributed by atoms with Crippen molar-refractivity contribution in [1.29, 1.82) is 0 Å². The second-order valence-electron chi connectivity index (χ2n) is 6.74. The van der Waals surface area contributed by atoms with E-state index in [0.717, 1.165) is 16.3 Å². The number of aromatic nitrogens is 5. The molecule has 3 aromatic heterocycles. The van der Waals surface area contributed by atoms with Crippen LogP contribution in [-0.4, -0.2) is 30.3 Å². The largest absolute Gasteiger partial charge is 0.360 e. The molecule has 0 aromatic carbocycles. The summed E-state index contributed by atoms with van der Waals surface area (Å²) in [5.41, 5.74) is 1.55. The van der Waals surface area contributed by atoms with Crippen molar-refractivity contribution in [2.45, 2.75) is 45.2 Å². The average Bonchev–Trinajstić information content (AvgIpc) is 2.67. The maximum absolute atomic E-state index is 13.1. The number of halogens is 1. The summed E-state index contributed by atoms with van der Waals surface area (Å²) in [5, 5.41) is 3.21. The van der Waals surface area contributed by atoms with Gasteiger partial charge in [0.1, 0.15) is 5.52 Å². The van der Waals surface area contributed by atoms with Crippen LogP contribution in [0.5, 0.6) is 0 Å². The third-order valence-electron chi connectivity index (χ3n) is 4.52. The number of thioether (sulfide) groups is 1. The quantitative estimate of drug-likeness (QED) is 0.455. The van der Waals surface area contributed by atoms with Crippen molar-refractivity contribution in [3.05, 3.63) is 45.9 Å². The highest BCUT2D eigenvalue weighted by molar-refractivity contribution is 7.99. The zero-order valence-electron chi connectivity index (χ0n) is 16.3. The highest BCUT2D eigenvalue weighted by Gasteiger charge is 2.19. The van der Waals surface area contributed by atoms with Crippen LogP contribution in [0.1, 0.15) is 39.4 Å². The van der Waals surface area contributed by atoms with Gasteiger partial charge in [-0.25, -0.2) is 9.97 Å². The molecule has 1 N–H and O–H groups in total. The number of nitrogens with zero attached hydrogens (tertiary/aromatic N) is 5. The molecule has 3 rings (SSSR count). The van der Waals surface area contributed by atoms with Gasteiger partial charge in [-0.3, -0.25) is 14.3 Å². The number of hydrogen-bond donors (Lipinski definition) is 1. The number of pyridine rings is 1. The van der Waals surface area contributed by atoms with Crippen molar-refractivity contribution in [1.82, 2.24) is 24.5 Å². The second kappa shape index (κ2) is 8.87. The lowest BCUT2D eigenvalue weighted by Gasteiger charge is -2.21. The summed E-state index contributed by atoms with van der Waals surface area (Å²) in [5.74, 6) is 1.48. The van der Waals surface area contributed by atoms with E-state index in [0.29, 0.717) is 17.7 Å². The molecule has 0 bridgehead atoms. The van der Waals surface area contributed by atoms with Gasteiger partial charge in [0, 0.05) is 17.1 Å². The van der Waals surface area contributed by atoms with Gasteiger partial charge in [0.15, 0.2) is 11.5 Å². The molecular formula is C19H23ClN6OS. The van der Waals surface area contributed by atoms with Crippen LogP contribution in [-0.2, 0) is 6.54 Å². The average molecular weight is 419 g/mol. The number of fused-ring (bicyclic) bond motifs is 1. The molecule has 3 aromatic rings. The van der Waals surface area contributed by atoms with Gasteiger partial charge in [-0.2, -0.15) is 4.98 Å². The molecule has 7 nitrogen and oxygen atoms in total. The molecule has 0 fully saturated rings. The molecule has 0 aliphatic carbocycles. The lowest BCUT2D eigenvalue weighted by atomic mass is 10.1. The Morgan fingerprint density at radius 2 is 1.96 bits per heavy atom. The smallest absolute Gasteiger partial charge is 0.295 e. The summed E-state index contributed by atoms with van der Waals surface area (Å²) in [6, 6.07) is 3.90. The summed E-state index contributed by atoms with van der Waals surface area (Å²) in [4.78, 5) is 31.3. The van der Waals surface area contributed by atoms with Gasteiger partial charge in [0.05, 0.1) is 18.4 Å². The van der Waals surface area contributed by atoms with E-state index in [1.807, 2.05) is 25.3 Å². The van der Waals surface area contributed by atoms with Crippen LogP contribution in [0.4, 0.5) is 5.82 Å². The summed E-state index contributed by atoms with van der Waals surface area (Å²) in [7, 11) is 0. The van der Waals surface area contributed by atoms with E-state index in [1.165, 1.54) is 6.20 Å². The monoisotopic (exact) mass is 418 g/mol. The summed E-state index contributed by atoms with van der Waals surface area (Å²) < 4.78 is 1.64. The van der Waals surface area contributed by atoms with Crippen LogP contribution in [0, 0.1) is 5.92 Å². The van der Waals surface area contributed by atoms with Gasteiger partial charge >= 0.3 is 0 Å². The van der Waals surface area contributed by atoms with Crippen LogP contribution in [0.25, 0.3) is 11.2 Å². The van der Waals surface area contributed by atoms with Crippen LogP contribution in [0.3, 0.4) is 0 Å². The highest BCUT2D eigenvalue weighted by atomic mass is 35.5. The molecular weight excluding hydrogens is 396 g/mol. The first-order valence-corrected chi connectivity index (χ1v) is 10.5. The Bertz CT molecular complexity index is 1020. The van der Waals surface area contributed by atoms with Crippen molar-refractivity contribution in [2.24, 2.45) is 5.92 Å². The molecule has 9 heteroatoms. The van der Waals surface area contributed by atoms with Crippen molar-refractivity contribution in [3.8, 4) is 0 Å². The van der Waals surface area contributed by atoms with Gasteiger partial charge < -0.3 is 5.32 Å². The maximum Gasteiger partial charge on any atom is 0.295 e. The number of nitrogens with one attached hydrogen (secondary N) is 1. The minimum atomic E-state index is -0.235. The molecule has 0 radical (unpaired) electrons. The van der Waals surface area contributed by atoms with E-state index in [9.17, 15) is 4.79 Å². The Labute approximate surface area is 173 Å². The molecule has 0 aliphatic rings. The van der Waals surface area contributed by atoms with Crippen LogP contribution < -0.4 is 10.9 Å². The van der Waals surface area contributed by atoms with Crippen LogP contribution in [0.2, 0.25) is 5.28 Å². The Balaban J connectivity index is 1.96. The standard InChI is InChI=1S/C19H23ClN6OS/c1-5-28-14-7-6-13(21-9-14)8-22-16-18(27)26(12(4)11(2)3)17-15(24-16)10-23-19(20)25-17/h6-7,9-12H,5,8H2,1-4H3,(H,22,24)/t12-/m1/s1. The lowest BCUT2D eigenvalue weighted by molar-refractivity contribution is 0.406. The number of anilines is 1. The molecule has 28 heavy (non-hydrogen) atoms. The third kappa shape index (κ3) is 4.44. The van der Waals surface area contributed by atoms with E-state index in [1.54, 1.807) is 16.3 Å². The first kappa shape index (κ1) is 20.5. The fraction of sp³-hybridized carbons (Fsp3) is 0.421. The zero-order valence-corrected chi connectivity index (χ0v) is 17.9. The van der Waals surface area contributed by atoms with Crippen molar-refractivity contribution < 1.29 is 0 Å². The van der Waals surface area contributed by atoms with Crippen molar-refractivity contribution >= 4 is 40.3 Å². The Morgan fingerprint density at radius 1 is 1.18 bits per heavy atom. The Morgan fingerprint density at radius 3 is 2.61 bits per heavy atom. The minimum absolute atomic E-state index is 0.0759. The van der Waals surface area contributed by atoms with E-state index in [4.69, 9.17) is 11.6 Å². The van der Waals surface area contributed by atoms with E-state index in [2.05, 4.69) is 46.0 Å². The van der Waals surface area contributed by atoms with Gasteiger partial charge in [-0.05, 0) is 42.3 Å². The third-order valence-corrected chi connectivity index (χ3v) is 5.57. The fourth-order valence-corrected chi connectivity index (χ4v) is 3.47. The topological polar surface area (TPSA) is 85.6 Å².